The summed E-state index contributed by atoms with van der Waals surface area (Å²) in [5, 5.41) is 16.0. The number of aliphatic hydroxyl groups excluding tert-OH is 1. The van der Waals surface area contributed by atoms with Crippen LogP contribution in [0.1, 0.15) is 18.9 Å². The fourth-order valence-electron chi connectivity index (χ4n) is 2.63. The smallest absolute Gasteiger partial charge is 0.416 e. The third-order valence-electron chi connectivity index (χ3n) is 3.98. The van der Waals surface area contributed by atoms with Crippen molar-refractivity contribution in [1.29, 1.82) is 0 Å². The van der Waals surface area contributed by atoms with E-state index in [0.717, 1.165) is 12.1 Å². The van der Waals surface area contributed by atoms with E-state index in [-0.39, 0.29) is 60.4 Å². The van der Waals surface area contributed by atoms with Crippen LogP contribution in [0.5, 0.6) is 5.75 Å². The molecule has 1 aliphatic heterocycles. The number of hydrogen-bond donors (Lipinski definition) is 3. The first-order valence-electron chi connectivity index (χ1n) is 8.82. The molecular weight excluding hydrogens is 526 g/mol. The molecule has 1 saturated heterocycles. The molecule has 2 atom stereocenters. The number of guanidine groups is 1. The fourth-order valence-corrected chi connectivity index (χ4v) is 4.30. The fraction of sp³-hybridized carbons (Fsp3) is 0.588. The van der Waals surface area contributed by atoms with Gasteiger partial charge in [-0.1, -0.05) is 6.07 Å². The number of alkyl halides is 3. The van der Waals surface area contributed by atoms with Gasteiger partial charge in [0.1, 0.15) is 18.5 Å². The molecule has 2 rings (SSSR count). The minimum atomic E-state index is -4.47. The van der Waals surface area contributed by atoms with Gasteiger partial charge in [0.25, 0.3) is 0 Å². The number of aliphatic hydroxyl groups is 1. The lowest BCUT2D eigenvalue weighted by Crippen LogP contribution is -2.44. The molecule has 0 radical (unpaired) electrons. The molecule has 12 heteroatoms. The van der Waals surface area contributed by atoms with Gasteiger partial charge in [-0.25, -0.2) is 8.42 Å². The van der Waals surface area contributed by atoms with E-state index >= 15 is 0 Å². The van der Waals surface area contributed by atoms with E-state index in [1.807, 2.05) is 6.92 Å². The van der Waals surface area contributed by atoms with Crippen molar-refractivity contribution in [2.24, 2.45) is 4.99 Å². The minimum absolute atomic E-state index is 0. The molecule has 1 aromatic carbocycles. The molecule has 0 aliphatic carbocycles. The monoisotopic (exact) mass is 551 g/mol. The highest BCUT2D eigenvalue weighted by molar-refractivity contribution is 14.0. The molecule has 1 aromatic rings. The molecule has 0 saturated carbocycles. The van der Waals surface area contributed by atoms with Crippen LogP contribution in [0.3, 0.4) is 0 Å². The molecule has 7 nitrogen and oxygen atoms in total. The number of ether oxygens (including phenoxy) is 1. The molecule has 1 fully saturated rings. The summed E-state index contributed by atoms with van der Waals surface area (Å²) in [6.45, 7) is 2.09. The number of benzene rings is 1. The Labute approximate surface area is 185 Å². The first-order chi connectivity index (χ1) is 13.1. The van der Waals surface area contributed by atoms with Crippen LogP contribution in [0.15, 0.2) is 29.3 Å². The number of halogens is 4. The van der Waals surface area contributed by atoms with Crippen LogP contribution in [-0.4, -0.2) is 62.8 Å². The normalized spacial score (nSPS) is 19.9. The lowest BCUT2D eigenvalue weighted by Gasteiger charge is -2.17. The zero-order valence-electron chi connectivity index (χ0n) is 15.8. The Morgan fingerprint density at radius 2 is 2.14 bits per heavy atom. The molecule has 3 N–H and O–H groups in total. The number of nitrogens with zero attached hydrogens (tertiary/aromatic N) is 1. The summed E-state index contributed by atoms with van der Waals surface area (Å²) in [5.74, 6) is 0.512. The number of nitrogens with one attached hydrogen (secondary N) is 2. The Balaban J connectivity index is 0.00000420. The van der Waals surface area contributed by atoms with E-state index < -0.39 is 27.7 Å². The van der Waals surface area contributed by atoms with Crippen LogP contribution in [0, 0.1) is 0 Å². The maximum atomic E-state index is 12.7. The maximum absolute atomic E-state index is 12.7. The molecule has 166 valence electrons. The van der Waals surface area contributed by atoms with Gasteiger partial charge in [0.15, 0.2) is 15.8 Å². The van der Waals surface area contributed by atoms with Crippen molar-refractivity contribution in [2.75, 3.05) is 31.2 Å². The summed E-state index contributed by atoms with van der Waals surface area (Å²) in [6, 6.07) is 4.15. The van der Waals surface area contributed by atoms with E-state index in [4.69, 9.17) is 4.74 Å². The number of aliphatic imine (C=N–C) groups is 1. The predicted octanol–water partition coefficient (Wildman–Crippen LogP) is 1.81. The van der Waals surface area contributed by atoms with Gasteiger partial charge < -0.3 is 20.5 Å². The molecule has 0 amide bonds. The second-order valence-corrected chi connectivity index (χ2v) is 8.68. The predicted molar refractivity (Wildman–Crippen MR) is 115 cm³/mol. The highest BCUT2D eigenvalue weighted by Crippen LogP contribution is 2.31. The average molecular weight is 551 g/mol. The van der Waals surface area contributed by atoms with Crippen molar-refractivity contribution in [2.45, 2.75) is 31.7 Å². The van der Waals surface area contributed by atoms with Crippen LogP contribution in [-0.2, 0) is 16.0 Å². The van der Waals surface area contributed by atoms with Gasteiger partial charge in [-0.3, -0.25) is 4.99 Å². The third-order valence-corrected chi connectivity index (χ3v) is 5.75. The van der Waals surface area contributed by atoms with Crippen LogP contribution < -0.4 is 15.4 Å². The first-order valence-corrected chi connectivity index (χ1v) is 10.6. The highest BCUT2D eigenvalue weighted by Gasteiger charge is 2.30. The molecule has 0 spiro atoms. The summed E-state index contributed by atoms with van der Waals surface area (Å²) in [4.78, 5) is 4.18. The average Bonchev–Trinajstić information content (AvgIpc) is 2.96. The van der Waals surface area contributed by atoms with Crippen molar-refractivity contribution < 1.29 is 31.4 Å². The van der Waals surface area contributed by atoms with Gasteiger partial charge in [0, 0.05) is 12.6 Å². The topological polar surface area (TPSA) is 100 Å². The second-order valence-electron chi connectivity index (χ2n) is 6.45. The first kappa shape index (κ1) is 25.8. The van der Waals surface area contributed by atoms with Gasteiger partial charge in [0.2, 0.25) is 0 Å². The summed E-state index contributed by atoms with van der Waals surface area (Å²) in [7, 11) is -3.04. The van der Waals surface area contributed by atoms with E-state index in [1.165, 1.54) is 12.1 Å². The van der Waals surface area contributed by atoms with Gasteiger partial charge in [0.05, 0.1) is 23.6 Å². The molecule has 0 bridgehead atoms. The van der Waals surface area contributed by atoms with Crippen LogP contribution >= 0.6 is 24.0 Å². The summed E-state index contributed by atoms with van der Waals surface area (Å²) < 4.78 is 66.3. The van der Waals surface area contributed by atoms with Crippen LogP contribution in [0.2, 0.25) is 0 Å². The van der Waals surface area contributed by atoms with Gasteiger partial charge in [-0.2, -0.15) is 13.2 Å². The van der Waals surface area contributed by atoms with Crippen LogP contribution in [0.25, 0.3) is 0 Å². The van der Waals surface area contributed by atoms with Gasteiger partial charge >= 0.3 is 6.18 Å². The Kier molecular flexibility index (Phi) is 9.95. The maximum Gasteiger partial charge on any atom is 0.416 e. The quantitative estimate of drug-likeness (QED) is 0.272. The molecule has 2 unspecified atom stereocenters. The van der Waals surface area contributed by atoms with Crippen molar-refractivity contribution in [3.63, 3.8) is 0 Å². The molecule has 0 aromatic heterocycles. The standard InChI is InChI=1S/C17H24F3N3O4S.HI/c1-2-21-16(23-13-6-7-28(25,26)11-13)22-9-14(24)10-27-15-5-3-4-12(8-15)17(18,19)20;/h3-5,8,13-14,24H,2,6-7,9-11H2,1H3,(H2,21,22,23);1H. The largest absolute Gasteiger partial charge is 0.491 e. The lowest BCUT2D eigenvalue weighted by atomic mass is 10.2. The molecule has 1 heterocycles. The Morgan fingerprint density at radius 3 is 2.72 bits per heavy atom. The van der Waals surface area contributed by atoms with Gasteiger partial charge in [-0.15, -0.1) is 24.0 Å². The number of sulfone groups is 1. The summed E-state index contributed by atoms with van der Waals surface area (Å²) >= 11 is 0. The minimum Gasteiger partial charge on any atom is -0.491 e. The highest BCUT2D eigenvalue weighted by atomic mass is 127. The Hall–Kier alpha value is -1.28. The zero-order chi connectivity index (χ0) is 20.8. The number of hydrogen-bond acceptors (Lipinski definition) is 5. The molecule has 1 aliphatic rings. The Bertz CT molecular complexity index is 790. The molecule has 29 heavy (non-hydrogen) atoms. The van der Waals surface area contributed by atoms with Crippen molar-refractivity contribution in [3.05, 3.63) is 29.8 Å². The van der Waals surface area contributed by atoms with E-state index in [0.29, 0.717) is 18.9 Å². The zero-order valence-corrected chi connectivity index (χ0v) is 18.9. The van der Waals surface area contributed by atoms with E-state index in [9.17, 15) is 26.7 Å². The van der Waals surface area contributed by atoms with Crippen molar-refractivity contribution in [3.8, 4) is 5.75 Å². The Morgan fingerprint density at radius 1 is 1.41 bits per heavy atom. The second kappa shape index (κ2) is 11.2. The van der Waals surface area contributed by atoms with Crippen molar-refractivity contribution in [1.82, 2.24) is 10.6 Å². The SMILES string of the molecule is CCNC(=NCC(O)COc1cccc(C(F)(F)F)c1)NC1CCS(=O)(=O)C1.I. The van der Waals surface area contributed by atoms with Crippen LogP contribution in [0.4, 0.5) is 13.2 Å². The summed E-state index contributed by atoms with van der Waals surface area (Å²) in [5.41, 5.74) is -0.831. The van der Waals surface area contributed by atoms with E-state index in [1.54, 1.807) is 0 Å². The third kappa shape index (κ3) is 8.95. The summed E-state index contributed by atoms with van der Waals surface area (Å²) in [6.07, 6.45) is -5.03. The molecular formula is C17H25F3IN3O4S. The van der Waals surface area contributed by atoms with Gasteiger partial charge in [-0.05, 0) is 31.5 Å². The van der Waals surface area contributed by atoms with E-state index in [2.05, 4.69) is 15.6 Å². The lowest BCUT2D eigenvalue weighted by molar-refractivity contribution is -0.137. The number of rotatable bonds is 7. The van der Waals surface area contributed by atoms with Crippen molar-refractivity contribution >= 4 is 39.8 Å².